The number of hydroxylamine groups is 2. The summed E-state index contributed by atoms with van der Waals surface area (Å²) in [7, 11) is -4.12. The number of hydrogen-bond acceptors (Lipinski definition) is 11. The van der Waals surface area contributed by atoms with Gasteiger partial charge >= 0.3 is 7.60 Å². The lowest BCUT2D eigenvalue weighted by atomic mass is 10.1. The fourth-order valence-electron chi connectivity index (χ4n) is 5.24. The van der Waals surface area contributed by atoms with E-state index >= 15 is 0 Å². The van der Waals surface area contributed by atoms with Crippen molar-refractivity contribution in [2.24, 2.45) is 0 Å². The van der Waals surface area contributed by atoms with E-state index in [4.69, 9.17) is 37.5 Å². The predicted molar refractivity (Wildman–Crippen MR) is 150 cm³/mol. The van der Waals surface area contributed by atoms with Gasteiger partial charge in [0.1, 0.15) is 24.4 Å². The second-order valence-electron chi connectivity index (χ2n) is 13.7. The minimum atomic E-state index is -4.12. The number of ether oxygens (including phenoxy) is 6. The molecule has 3 aliphatic rings. The maximum atomic E-state index is 14.7. The largest absolute Gasteiger partial charge is 0.374 e. The molecule has 3 aliphatic heterocycles. The van der Waals surface area contributed by atoms with E-state index in [1.165, 1.54) is 0 Å². The molecule has 3 saturated heterocycles. The van der Waals surface area contributed by atoms with Gasteiger partial charge in [-0.2, -0.15) is 0 Å². The summed E-state index contributed by atoms with van der Waals surface area (Å²) in [6.45, 7) is 18.3. The highest BCUT2D eigenvalue weighted by Crippen LogP contribution is 2.60. The van der Waals surface area contributed by atoms with Gasteiger partial charge in [0.25, 0.3) is 0 Å². The quantitative estimate of drug-likeness (QED) is 0.273. The summed E-state index contributed by atoms with van der Waals surface area (Å²) in [5, 5.41) is 12.8. The lowest BCUT2D eigenvalue weighted by molar-refractivity contribution is -0.280. The summed E-state index contributed by atoms with van der Waals surface area (Å²) >= 11 is 0. The Morgan fingerprint density at radius 2 is 1.51 bits per heavy atom. The zero-order valence-corrected chi connectivity index (χ0v) is 26.9. The lowest BCUT2D eigenvalue weighted by Gasteiger charge is -2.40. The molecule has 0 saturated carbocycles. The van der Waals surface area contributed by atoms with Gasteiger partial charge in [0.05, 0.1) is 31.0 Å². The van der Waals surface area contributed by atoms with Gasteiger partial charge in [-0.3, -0.25) is 4.57 Å². The van der Waals surface area contributed by atoms with Crippen molar-refractivity contribution < 1.29 is 47.2 Å². The highest BCUT2D eigenvalue weighted by Gasteiger charge is 2.62. The first-order chi connectivity index (χ1) is 18.8. The van der Waals surface area contributed by atoms with Crippen molar-refractivity contribution in [3.63, 3.8) is 0 Å². The van der Waals surface area contributed by atoms with E-state index in [2.05, 4.69) is 0 Å². The Labute approximate surface area is 244 Å². The van der Waals surface area contributed by atoms with Gasteiger partial charge in [0.15, 0.2) is 23.6 Å². The van der Waals surface area contributed by atoms with Crippen molar-refractivity contribution in [1.82, 2.24) is 5.06 Å². The number of rotatable bonds is 10. The van der Waals surface area contributed by atoms with Crippen LogP contribution in [0.3, 0.4) is 0 Å². The third kappa shape index (κ3) is 8.37. The van der Waals surface area contributed by atoms with Crippen LogP contribution in [-0.4, -0.2) is 82.7 Å². The summed E-state index contributed by atoms with van der Waals surface area (Å²) in [4.78, 5) is 0. The summed E-state index contributed by atoms with van der Waals surface area (Å²) in [5.41, 5.74) is -0.806. The monoisotopic (exact) mass is 601 g/mol. The van der Waals surface area contributed by atoms with Crippen LogP contribution in [0.25, 0.3) is 0 Å². The van der Waals surface area contributed by atoms with Crippen molar-refractivity contribution in [2.75, 3.05) is 13.2 Å². The van der Waals surface area contributed by atoms with Crippen LogP contribution in [0.2, 0.25) is 0 Å². The molecule has 3 heterocycles. The van der Waals surface area contributed by atoms with Crippen LogP contribution in [0.5, 0.6) is 0 Å². The number of nitrogens with zero attached hydrogens (tertiary/aromatic N) is 1. The molecule has 12 heteroatoms. The van der Waals surface area contributed by atoms with Crippen LogP contribution >= 0.6 is 7.60 Å². The SMILES string of the molecule is CC(C)(C)OP(=O)(OC(C)(C)C)[C@@H](COCc1ccccc1)N(O)[C@H]1O[C@H](C2COC(C)(C)O2)[C@@H]2OC(C)(C)O[C@@H]21. The topological polar surface area (TPSA) is 114 Å². The summed E-state index contributed by atoms with van der Waals surface area (Å²) in [6.07, 6.45) is -3.50. The van der Waals surface area contributed by atoms with Gasteiger partial charge < -0.3 is 42.7 Å². The van der Waals surface area contributed by atoms with Crippen LogP contribution in [-0.2, 0) is 48.6 Å². The van der Waals surface area contributed by atoms with Crippen LogP contribution < -0.4 is 0 Å². The molecule has 0 aliphatic carbocycles. The molecule has 4 rings (SSSR count). The standard InChI is InChI=1S/C29H48NO10P/c1-26(2,3)39-41(32,40-27(4,5)6)21(18-33-16-19-14-12-11-13-15-19)30(31)25-24-23(37-29(9,10)38-24)22(35-25)20-17-34-28(7,8)36-20/h11-15,20-25,31H,16-18H2,1-10H3/t20?,21-,22+,23-,24-,25-/m0/s1. The summed E-state index contributed by atoms with van der Waals surface area (Å²) in [5.74, 6) is -3.00. The first kappa shape index (κ1) is 33.0. The molecule has 0 radical (unpaired) electrons. The molecule has 0 amide bonds. The van der Waals surface area contributed by atoms with Crippen molar-refractivity contribution in [3.8, 4) is 0 Å². The van der Waals surface area contributed by atoms with E-state index < -0.39 is 66.8 Å². The molecule has 1 aromatic rings. The highest BCUT2D eigenvalue weighted by molar-refractivity contribution is 7.54. The second-order valence-corrected chi connectivity index (χ2v) is 15.8. The van der Waals surface area contributed by atoms with E-state index in [-0.39, 0.29) is 19.8 Å². The minimum Gasteiger partial charge on any atom is -0.374 e. The van der Waals surface area contributed by atoms with Crippen molar-refractivity contribution in [3.05, 3.63) is 35.9 Å². The van der Waals surface area contributed by atoms with E-state index in [1.807, 2.05) is 44.2 Å². The number of fused-ring (bicyclic) bond motifs is 1. The maximum Gasteiger partial charge on any atom is 0.353 e. The first-order valence-electron chi connectivity index (χ1n) is 14.2. The minimum absolute atomic E-state index is 0.183. The second kappa shape index (κ2) is 11.9. The Morgan fingerprint density at radius 1 is 0.927 bits per heavy atom. The molecular weight excluding hydrogens is 553 g/mol. The summed E-state index contributed by atoms with van der Waals surface area (Å²) in [6, 6.07) is 9.59. The van der Waals surface area contributed by atoms with Gasteiger partial charge in [-0.05, 0) is 74.8 Å². The molecule has 41 heavy (non-hydrogen) atoms. The smallest absolute Gasteiger partial charge is 0.353 e. The molecule has 3 fully saturated rings. The third-order valence-corrected chi connectivity index (χ3v) is 9.29. The van der Waals surface area contributed by atoms with Crippen molar-refractivity contribution in [1.29, 1.82) is 0 Å². The van der Waals surface area contributed by atoms with Gasteiger partial charge in [-0.1, -0.05) is 30.3 Å². The Kier molecular flexibility index (Phi) is 9.53. The normalized spacial score (nSPS) is 30.6. The molecule has 234 valence electrons. The number of benzene rings is 1. The van der Waals surface area contributed by atoms with E-state index in [1.54, 1.807) is 55.4 Å². The van der Waals surface area contributed by atoms with Gasteiger partial charge in [0, 0.05) is 0 Å². The highest BCUT2D eigenvalue weighted by atomic mass is 31.2. The molecule has 1 N–H and O–H groups in total. The zero-order chi connectivity index (χ0) is 30.4. The van der Waals surface area contributed by atoms with Crippen LogP contribution in [0.4, 0.5) is 0 Å². The van der Waals surface area contributed by atoms with Gasteiger partial charge in [0.2, 0.25) is 0 Å². The maximum absolute atomic E-state index is 14.7. The Hall–Kier alpha value is -0.950. The average Bonchev–Trinajstić information content (AvgIpc) is 3.43. The molecule has 0 aromatic heterocycles. The first-order valence-corrected chi connectivity index (χ1v) is 15.8. The van der Waals surface area contributed by atoms with Gasteiger partial charge in [-0.15, -0.1) is 5.06 Å². The Bertz CT molecular complexity index is 1050. The van der Waals surface area contributed by atoms with Crippen LogP contribution in [0.15, 0.2) is 30.3 Å². The number of hydrogen-bond donors (Lipinski definition) is 1. The zero-order valence-electron chi connectivity index (χ0n) is 26.0. The van der Waals surface area contributed by atoms with Crippen LogP contribution in [0.1, 0.15) is 74.8 Å². The third-order valence-electron chi connectivity index (χ3n) is 6.57. The van der Waals surface area contributed by atoms with Crippen molar-refractivity contribution >= 4 is 7.60 Å². The molecule has 1 unspecified atom stereocenters. The molecule has 6 atom stereocenters. The lowest BCUT2D eigenvalue weighted by Crippen LogP contribution is -2.50. The molecule has 0 spiro atoms. The Balaban J connectivity index is 1.66. The molecular formula is C29H48NO10P. The average molecular weight is 602 g/mol. The van der Waals surface area contributed by atoms with Crippen molar-refractivity contribution in [2.45, 2.75) is 135 Å². The van der Waals surface area contributed by atoms with E-state index in [0.717, 1.165) is 10.6 Å². The van der Waals surface area contributed by atoms with Gasteiger partial charge in [-0.25, -0.2) is 0 Å². The predicted octanol–water partition coefficient (Wildman–Crippen LogP) is 5.44. The molecule has 11 nitrogen and oxygen atoms in total. The van der Waals surface area contributed by atoms with E-state index in [0.29, 0.717) is 0 Å². The van der Waals surface area contributed by atoms with E-state index in [9.17, 15) is 9.77 Å². The fraction of sp³-hybridized carbons (Fsp3) is 0.793. The fourth-order valence-corrected chi connectivity index (χ4v) is 7.76. The summed E-state index contributed by atoms with van der Waals surface area (Å²) < 4.78 is 63.8. The molecule has 1 aromatic carbocycles. The molecule has 0 bridgehead atoms. The Morgan fingerprint density at radius 3 is 2.05 bits per heavy atom. The van der Waals surface area contributed by atoms with Crippen LogP contribution in [0, 0.1) is 0 Å².